The SMILES string of the molecule is Cc1ccc(C(N)=S)c(NCCc2nccs2)n1. The van der Waals surface area contributed by atoms with E-state index in [1.165, 1.54) is 0 Å². The number of thiazole rings is 1. The molecule has 0 fully saturated rings. The molecule has 18 heavy (non-hydrogen) atoms. The minimum Gasteiger partial charge on any atom is -0.389 e. The maximum absolute atomic E-state index is 5.67. The Morgan fingerprint density at radius 2 is 2.33 bits per heavy atom. The molecule has 0 aliphatic rings. The van der Waals surface area contributed by atoms with Gasteiger partial charge in [0.15, 0.2) is 0 Å². The third-order valence-electron chi connectivity index (χ3n) is 2.41. The van der Waals surface area contributed by atoms with Crippen LogP contribution in [0.4, 0.5) is 5.82 Å². The summed E-state index contributed by atoms with van der Waals surface area (Å²) < 4.78 is 0. The Labute approximate surface area is 115 Å². The van der Waals surface area contributed by atoms with Crippen molar-refractivity contribution >= 4 is 34.4 Å². The number of aryl methyl sites for hydroxylation is 1. The molecular weight excluding hydrogens is 264 g/mol. The molecule has 3 N–H and O–H groups in total. The quantitative estimate of drug-likeness (QED) is 0.820. The molecule has 2 heterocycles. The molecule has 0 aliphatic heterocycles. The molecule has 0 amide bonds. The Kier molecular flexibility index (Phi) is 4.22. The van der Waals surface area contributed by atoms with Crippen LogP contribution in [0, 0.1) is 6.92 Å². The fraction of sp³-hybridized carbons (Fsp3) is 0.250. The van der Waals surface area contributed by atoms with Crippen LogP contribution in [0.15, 0.2) is 23.7 Å². The highest BCUT2D eigenvalue weighted by atomic mass is 32.1. The summed E-state index contributed by atoms with van der Waals surface area (Å²) in [6, 6.07) is 3.80. The molecule has 0 aromatic carbocycles. The lowest BCUT2D eigenvalue weighted by molar-refractivity contribution is 0.982. The molecule has 0 unspecified atom stereocenters. The van der Waals surface area contributed by atoms with E-state index in [-0.39, 0.29) is 0 Å². The van der Waals surface area contributed by atoms with Crippen molar-refractivity contribution < 1.29 is 0 Å². The van der Waals surface area contributed by atoms with Crippen molar-refractivity contribution in [3.63, 3.8) is 0 Å². The van der Waals surface area contributed by atoms with E-state index in [9.17, 15) is 0 Å². The average molecular weight is 278 g/mol. The first kappa shape index (κ1) is 12.9. The molecule has 4 nitrogen and oxygen atoms in total. The van der Waals surface area contributed by atoms with Crippen molar-refractivity contribution in [1.82, 2.24) is 9.97 Å². The largest absolute Gasteiger partial charge is 0.389 e. The lowest BCUT2D eigenvalue weighted by Crippen LogP contribution is -2.16. The van der Waals surface area contributed by atoms with Crippen LogP contribution in [-0.2, 0) is 6.42 Å². The smallest absolute Gasteiger partial charge is 0.136 e. The lowest BCUT2D eigenvalue weighted by Gasteiger charge is -2.10. The number of nitrogens with two attached hydrogens (primary N) is 1. The van der Waals surface area contributed by atoms with E-state index in [2.05, 4.69) is 15.3 Å². The third-order valence-corrected chi connectivity index (χ3v) is 3.47. The number of hydrogen-bond donors (Lipinski definition) is 2. The summed E-state index contributed by atoms with van der Waals surface area (Å²) in [5, 5.41) is 6.34. The number of anilines is 1. The van der Waals surface area contributed by atoms with Gasteiger partial charge in [-0.25, -0.2) is 9.97 Å². The van der Waals surface area contributed by atoms with E-state index in [1.54, 1.807) is 11.3 Å². The molecule has 2 rings (SSSR count). The normalized spacial score (nSPS) is 10.3. The Hall–Kier alpha value is -1.53. The fourth-order valence-electron chi connectivity index (χ4n) is 1.55. The maximum atomic E-state index is 5.67. The number of thiocarbonyl (C=S) groups is 1. The molecule has 0 atom stereocenters. The van der Waals surface area contributed by atoms with Gasteiger partial charge in [0.05, 0.1) is 10.6 Å². The molecule has 94 valence electrons. The van der Waals surface area contributed by atoms with Gasteiger partial charge in [-0.05, 0) is 19.1 Å². The molecule has 0 aliphatic carbocycles. The number of rotatable bonds is 5. The number of nitrogens with one attached hydrogen (secondary N) is 1. The lowest BCUT2D eigenvalue weighted by atomic mass is 10.2. The first-order valence-corrected chi connectivity index (χ1v) is 6.85. The first-order valence-electron chi connectivity index (χ1n) is 5.56. The summed E-state index contributed by atoms with van der Waals surface area (Å²) >= 11 is 6.66. The van der Waals surface area contributed by atoms with Gasteiger partial charge in [0.2, 0.25) is 0 Å². The van der Waals surface area contributed by atoms with Crippen molar-refractivity contribution in [3.8, 4) is 0 Å². The first-order chi connectivity index (χ1) is 8.66. The molecule has 0 bridgehead atoms. The summed E-state index contributed by atoms with van der Waals surface area (Å²) in [5.74, 6) is 0.749. The van der Waals surface area contributed by atoms with Crippen LogP contribution in [0.3, 0.4) is 0 Å². The Morgan fingerprint density at radius 3 is 3.00 bits per heavy atom. The second-order valence-electron chi connectivity index (χ2n) is 3.82. The Morgan fingerprint density at radius 1 is 1.50 bits per heavy atom. The van der Waals surface area contributed by atoms with Gasteiger partial charge in [-0.1, -0.05) is 12.2 Å². The number of hydrogen-bond acceptors (Lipinski definition) is 5. The molecule has 6 heteroatoms. The predicted octanol–water partition coefficient (Wildman–Crippen LogP) is 2.14. The molecule has 0 spiro atoms. The van der Waals surface area contributed by atoms with Crippen LogP contribution in [0.25, 0.3) is 0 Å². The number of pyridine rings is 1. The zero-order valence-corrected chi connectivity index (χ0v) is 11.6. The second-order valence-corrected chi connectivity index (χ2v) is 5.23. The predicted molar refractivity (Wildman–Crippen MR) is 79.2 cm³/mol. The van der Waals surface area contributed by atoms with Crippen LogP contribution < -0.4 is 11.1 Å². The van der Waals surface area contributed by atoms with Gasteiger partial charge < -0.3 is 11.1 Å². The Balaban J connectivity index is 2.03. The van der Waals surface area contributed by atoms with E-state index in [4.69, 9.17) is 18.0 Å². The molecule has 2 aromatic rings. The van der Waals surface area contributed by atoms with Crippen molar-refractivity contribution in [1.29, 1.82) is 0 Å². The van der Waals surface area contributed by atoms with E-state index >= 15 is 0 Å². The van der Waals surface area contributed by atoms with E-state index in [0.717, 1.165) is 35.0 Å². The van der Waals surface area contributed by atoms with E-state index in [0.29, 0.717) is 4.99 Å². The minimum atomic E-state index is 0.360. The highest BCUT2D eigenvalue weighted by Gasteiger charge is 2.06. The van der Waals surface area contributed by atoms with Crippen LogP contribution in [-0.4, -0.2) is 21.5 Å². The highest BCUT2D eigenvalue weighted by molar-refractivity contribution is 7.80. The van der Waals surface area contributed by atoms with Crippen LogP contribution in [0.5, 0.6) is 0 Å². The maximum Gasteiger partial charge on any atom is 0.136 e. The third kappa shape index (κ3) is 3.24. The van der Waals surface area contributed by atoms with Crippen molar-refractivity contribution in [2.45, 2.75) is 13.3 Å². The summed E-state index contributed by atoms with van der Waals surface area (Å²) in [5.41, 5.74) is 7.40. The zero-order valence-electron chi connectivity index (χ0n) is 10.0. The molecule has 0 saturated carbocycles. The van der Waals surface area contributed by atoms with E-state index < -0.39 is 0 Å². The van der Waals surface area contributed by atoms with Gasteiger partial charge >= 0.3 is 0 Å². The van der Waals surface area contributed by atoms with Crippen LogP contribution in [0.2, 0.25) is 0 Å². The van der Waals surface area contributed by atoms with Crippen LogP contribution in [0.1, 0.15) is 16.3 Å². The van der Waals surface area contributed by atoms with Gasteiger partial charge in [-0.15, -0.1) is 11.3 Å². The van der Waals surface area contributed by atoms with E-state index in [1.807, 2.05) is 30.6 Å². The number of aromatic nitrogens is 2. The van der Waals surface area contributed by atoms with Crippen molar-refractivity contribution in [3.05, 3.63) is 40.0 Å². The summed E-state index contributed by atoms with van der Waals surface area (Å²) in [6.45, 7) is 2.70. The second kappa shape index (κ2) is 5.88. The molecule has 0 radical (unpaired) electrons. The van der Waals surface area contributed by atoms with Gasteiger partial charge in [-0.3, -0.25) is 0 Å². The monoisotopic (exact) mass is 278 g/mol. The van der Waals surface area contributed by atoms with Gasteiger partial charge in [0, 0.05) is 30.2 Å². The van der Waals surface area contributed by atoms with Crippen molar-refractivity contribution in [2.24, 2.45) is 5.73 Å². The Bertz CT molecular complexity index is 537. The van der Waals surface area contributed by atoms with Crippen molar-refractivity contribution in [2.75, 3.05) is 11.9 Å². The minimum absolute atomic E-state index is 0.360. The standard InChI is InChI=1S/C12H14N4S2/c1-8-2-3-9(11(13)17)12(16-8)15-5-4-10-14-6-7-18-10/h2-3,6-7H,4-5H2,1H3,(H2,13,17)(H,15,16). The molecule has 0 saturated heterocycles. The topological polar surface area (TPSA) is 63.8 Å². The summed E-state index contributed by atoms with van der Waals surface area (Å²) in [6.07, 6.45) is 2.68. The van der Waals surface area contributed by atoms with Gasteiger partial charge in [0.1, 0.15) is 10.8 Å². The number of nitrogens with zero attached hydrogens (tertiary/aromatic N) is 2. The molecular formula is C12H14N4S2. The average Bonchev–Trinajstić information content (AvgIpc) is 2.82. The van der Waals surface area contributed by atoms with Gasteiger partial charge in [0.25, 0.3) is 0 Å². The fourth-order valence-corrected chi connectivity index (χ4v) is 2.34. The van der Waals surface area contributed by atoms with Crippen LogP contribution >= 0.6 is 23.6 Å². The highest BCUT2D eigenvalue weighted by Crippen LogP contribution is 2.14. The zero-order chi connectivity index (χ0) is 13.0. The van der Waals surface area contributed by atoms with Gasteiger partial charge in [-0.2, -0.15) is 0 Å². The summed E-state index contributed by atoms with van der Waals surface area (Å²) in [7, 11) is 0. The summed E-state index contributed by atoms with van der Waals surface area (Å²) in [4.78, 5) is 9.01. The molecule has 2 aromatic heterocycles.